The molecule has 0 fully saturated rings. The summed E-state index contributed by atoms with van der Waals surface area (Å²) in [5.41, 5.74) is 1.34. The first-order valence-corrected chi connectivity index (χ1v) is 11.6. The SMILES string of the molecule is COCCNS(=O)(=O)c1cc(C(=O)NC2CCSc3ccccc32)ccc1OC. The number of sulfonamides is 1. The minimum absolute atomic E-state index is 0.0802. The standard InChI is InChI=1S/C20H24N2O5S2/c1-26-11-10-21-29(24,25)19-13-14(7-8-17(19)27-2)20(23)22-16-9-12-28-18-6-4-3-5-15(16)18/h3-8,13,16,21H,9-12H2,1-2H3,(H,22,23). The molecule has 2 N–H and O–H groups in total. The van der Waals surface area contributed by atoms with Gasteiger partial charge in [-0.1, -0.05) is 18.2 Å². The Morgan fingerprint density at radius 3 is 2.76 bits per heavy atom. The van der Waals surface area contributed by atoms with Crippen molar-refractivity contribution in [3.63, 3.8) is 0 Å². The number of hydrogen-bond donors (Lipinski definition) is 2. The number of benzene rings is 2. The van der Waals surface area contributed by atoms with Crippen molar-refractivity contribution in [2.45, 2.75) is 22.3 Å². The van der Waals surface area contributed by atoms with Gasteiger partial charge in [0.2, 0.25) is 10.0 Å². The number of hydrogen-bond acceptors (Lipinski definition) is 6. The predicted molar refractivity (Wildman–Crippen MR) is 112 cm³/mol. The van der Waals surface area contributed by atoms with Gasteiger partial charge in [-0.3, -0.25) is 4.79 Å². The van der Waals surface area contributed by atoms with Crippen LogP contribution in [-0.4, -0.2) is 47.4 Å². The summed E-state index contributed by atoms with van der Waals surface area (Å²) in [4.78, 5) is 13.9. The molecule has 3 rings (SSSR count). The monoisotopic (exact) mass is 436 g/mol. The van der Waals surface area contributed by atoms with Crippen LogP contribution >= 0.6 is 11.8 Å². The van der Waals surface area contributed by atoms with Crippen molar-refractivity contribution in [3.8, 4) is 5.75 Å². The molecule has 2 aromatic rings. The van der Waals surface area contributed by atoms with Crippen molar-refractivity contribution in [2.24, 2.45) is 0 Å². The van der Waals surface area contributed by atoms with E-state index in [9.17, 15) is 13.2 Å². The number of fused-ring (bicyclic) bond motifs is 1. The highest BCUT2D eigenvalue weighted by atomic mass is 32.2. The lowest BCUT2D eigenvalue weighted by Gasteiger charge is -2.26. The number of carbonyl (C=O) groups excluding carboxylic acids is 1. The lowest BCUT2D eigenvalue weighted by molar-refractivity contribution is 0.0934. The van der Waals surface area contributed by atoms with Crippen LogP contribution in [0.15, 0.2) is 52.3 Å². The van der Waals surface area contributed by atoms with Crippen LogP contribution in [0.25, 0.3) is 0 Å². The molecular formula is C20H24N2O5S2. The molecule has 1 aliphatic rings. The van der Waals surface area contributed by atoms with Gasteiger partial charge in [0.05, 0.1) is 19.8 Å². The topological polar surface area (TPSA) is 93.7 Å². The van der Waals surface area contributed by atoms with E-state index in [1.165, 1.54) is 26.4 Å². The van der Waals surface area contributed by atoms with Gasteiger partial charge in [0.1, 0.15) is 10.6 Å². The van der Waals surface area contributed by atoms with Crippen LogP contribution in [0.1, 0.15) is 28.4 Å². The van der Waals surface area contributed by atoms with Gasteiger partial charge < -0.3 is 14.8 Å². The van der Waals surface area contributed by atoms with Crippen LogP contribution in [0, 0.1) is 0 Å². The summed E-state index contributed by atoms with van der Waals surface area (Å²) in [6, 6.07) is 12.3. The zero-order valence-electron chi connectivity index (χ0n) is 16.3. The normalized spacial score (nSPS) is 16.1. The second-order valence-electron chi connectivity index (χ2n) is 6.46. The Kier molecular flexibility index (Phi) is 7.18. The first-order chi connectivity index (χ1) is 14.0. The Balaban J connectivity index is 1.83. The van der Waals surface area contributed by atoms with Crippen molar-refractivity contribution in [3.05, 3.63) is 53.6 Å². The van der Waals surface area contributed by atoms with E-state index < -0.39 is 10.0 Å². The Hall–Kier alpha value is -2.07. The van der Waals surface area contributed by atoms with Gasteiger partial charge in [0, 0.05) is 29.9 Å². The number of rotatable bonds is 8. The molecule has 0 aromatic heterocycles. The van der Waals surface area contributed by atoms with E-state index in [1.54, 1.807) is 17.8 Å². The van der Waals surface area contributed by atoms with Crippen LogP contribution in [0.3, 0.4) is 0 Å². The van der Waals surface area contributed by atoms with E-state index in [0.29, 0.717) is 0 Å². The second-order valence-corrected chi connectivity index (χ2v) is 9.33. The van der Waals surface area contributed by atoms with Gasteiger partial charge in [0.25, 0.3) is 5.91 Å². The Bertz CT molecular complexity index is 979. The molecule has 1 heterocycles. The molecule has 0 spiro atoms. The van der Waals surface area contributed by atoms with Gasteiger partial charge in [-0.05, 0) is 36.2 Å². The summed E-state index contributed by atoms with van der Waals surface area (Å²) in [5.74, 6) is 0.756. The highest BCUT2D eigenvalue weighted by molar-refractivity contribution is 7.99. The van der Waals surface area contributed by atoms with Crippen molar-refractivity contribution in [1.82, 2.24) is 10.0 Å². The molecule has 0 aliphatic carbocycles. The highest BCUT2D eigenvalue weighted by Gasteiger charge is 2.25. The number of nitrogens with one attached hydrogen (secondary N) is 2. The van der Waals surface area contributed by atoms with Crippen molar-refractivity contribution >= 4 is 27.7 Å². The zero-order chi connectivity index (χ0) is 20.9. The average molecular weight is 437 g/mol. The maximum absolute atomic E-state index is 12.9. The van der Waals surface area contributed by atoms with Crippen LogP contribution in [0.4, 0.5) is 0 Å². The molecule has 1 aliphatic heterocycles. The van der Waals surface area contributed by atoms with Crippen LogP contribution < -0.4 is 14.8 Å². The van der Waals surface area contributed by atoms with E-state index in [2.05, 4.69) is 10.0 Å². The van der Waals surface area contributed by atoms with E-state index in [1.807, 2.05) is 24.3 Å². The molecule has 0 saturated heterocycles. The Labute approximate surface area is 175 Å². The molecule has 0 radical (unpaired) electrons. The second kappa shape index (κ2) is 9.62. The minimum atomic E-state index is -3.85. The van der Waals surface area contributed by atoms with Crippen LogP contribution in [0.2, 0.25) is 0 Å². The van der Waals surface area contributed by atoms with Gasteiger partial charge >= 0.3 is 0 Å². The molecule has 0 bridgehead atoms. The fraction of sp³-hybridized carbons (Fsp3) is 0.350. The molecule has 0 saturated carbocycles. The maximum Gasteiger partial charge on any atom is 0.251 e. The van der Waals surface area contributed by atoms with Crippen LogP contribution in [0.5, 0.6) is 5.75 Å². The van der Waals surface area contributed by atoms with Gasteiger partial charge in [-0.2, -0.15) is 0 Å². The molecule has 1 atom stereocenters. The summed E-state index contributed by atoms with van der Waals surface area (Å²) in [5, 5.41) is 3.03. The zero-order valence-corrected chi connectivity index (χ0v) is 17.9. The van der Waals surface area contributed by atoms with E-state index >= 15 is 0 Å². The number of methoxy groups -OCH3 is 2. The number of carbonyl (C=O) groups is 1. The molecule has 1 unspecified atom stereocenters. The summed E-state index contributed by atoms with van der Waals surface area (Å²) in [6.45, 7) is 0.357. The average Bonchev–Trinajstić information content (AvgIpc) is 2.73. The van der Waals surface area contributed by atoms with Crippen molar-refractivity contribution < 1.29 is 22.7 Å². The molecule has 156 valence electrons. The third-order valence-electron chi connectivity index (χ3n) is 4.58. The van der Waals surface area contributed by atoms with E-state index in [-0.39, 0.29) is 41.3 Å². The quantitative estimate of drug-likeness (QED) is 0.618. The van der Waals surface area contributed by atoms with Gasteiger partial charge in [-0.25, -0.2) is 13.1 Å². The van der Waals surface area contributed by atoms with E-state index in [4.69, 9.17) is 9.47 Å². The smallest absolute Gasteiger partial charge is 0.251 e. The predicted octanol–water partition coefficient (Wildman–Crippen LogP) is 2.59. The highest BCUT2D eigenvalue weighted by Crippen LogP contribution is 2.36. The fourth-order valence-corrected chi connectivity index (χ4v) is 5.45. The maximum atomic E-state index is 12.9. The van der Waals surface area contributed by atoms with Crippen molar-refractivity contribution in [1.29, 1.82) is 0 Å². The van der Waals surface area contributed by atoms with Crippen LogP contribution in [-0.2, 0) is 14.8 Å². The molecular weight excluding hydrogens is 412 g/mol. The summed E-state index contributed by atoms with van der Waals surface area (Å²) >= 11 is 1.77. The number of ether oxygens (including phenoxy) is 2. The molecule has 9 heteroatoms. The van der Waals surface area contributed by atoms with Gasteiger partial charge in [0.15, 0.2) is 0 Å². The summed E-state index contributed by atoms with van der Waals surface area (Å²) < 4.78 is 37.8. The number of thioether (sulfide) groups is 1. The molecule has 1 amide bonds. The first-order valence-electron chi connectivity index (χ1n) is 9.15. The molecule has 29 heavy (non-hydrogen) atoms. The summed E-state index contributed by atoms with van der Waals surface area (Å²) in [7, 11) is -0.975. The lowest BCUT2D eigenvalue weighted by atomic mass is 10.0. The third kappa shape index (κ3) is 5.11. The number of amides is 1. The Morgan fingerprint density at radius 1 is 1.21 bits per heavy atom. The third-order valence-corrected chi connectivity index (χ3v) is 7.18. The lowest BCUT2D eigenvalue weighted by Crippen LogP contribution is -2.31. The first kappa shape index (κ1) is 21.6. The van der Waals surface area contributed by atoms with Crippen molar-refractivity contribution in [2.75, 3.05) is 33.1 Å². The minimum Gasteiger partial charge on any atom is -0.495 e. The Morgan fingerprint density at radius 2 is 2.00 bits per heavy atom. The summed E-state index contributed by atoms with van der Waals surface area (Å²) in [6.07, 6.45) is 0.813. The fourth-order valence-electron chi connectivity index (χ4n) is 3.12. The molecule has 7 nitrogen and oxygen atoms in total. The molecule has 2 aromatic carbocycles. The largest absolute Gasteiger partial charge is 0.495 e. The van der Waals surface area contributed by atoms with Gasteiger partial charge in [-0.15, -0.1) is 11.8 Å². The van der Waals surface area contributed by atoms with E-state index in [0.717, 1.165) is 22.6 Å².